The molecule has 0 atom stereocenters. The van der Waals surface area contributed by atoms with Gasteiger partial charge in [-0.15, -0.1) is 0 Å². The molecule has 1 aliphatic rings. The molecular formula is C27H34FN3. The van der Waals surface area contributed by atoms with Gasteiger partial charge in [0.15, 0.2) is 0 Å². The zero-order chi connectivity index (χ0) is 22.5. The number of aromatic amines is 1. The largest absolute Gasteiger partial charge is 0.366 e. The Kier molecular flexibility index (Phi) is 10.3. The van der Waals surface area contributed by atoms with E-state index >= 15 is 0 Å². The Labute approximate surface area is 186 Å². The number of hydrogen-bond donors (Lipinski definition) is 2. The fourth-order valence-electron chi connectivity index (χ4n) is 3.60. The maximum absolute atomic E-state index is 12.5. The van der Waals surface area contributed by atoms with Gasteiger partial charge in [0.1, 0.15) is 0 Å². The average molecular weight is 420 g/mol. The lowest BCUT2D eigenvalue weighted by atomic mass is 9.99. The molecule has 0 radical (unpaired) electrons. The maximum Gasteiger partial charge on any atom is 0.0867 e. The van der Waals surface area contributed by atoms with E-state index in [-0.39, 0.29) is 0 Å². The molecule has 1 aromatic heterocycles. The van der Waals surface area contributed by atoms with Crippen LogP contribution in [-0.4, -0.2) is 18.2 Å². The number of nitrogens with zero attached hydrogens (tertiary/aromatic N) is 1. The number of allylic oxidation sites excluding steroid dienone is 8. The van der Waals surface area contributed by atoms with Crippen molar-refractivity contribution in [1.82, 2.24) is 10.3 Å². The minimum Gasteiger partial charge on any atom is -0.366 e. The van der Waals surface area contributed by atoms with Crippen LogP contribution in [0.25, 0.3) is 12.2 Å². The van der Waals surface area contributed by atoms with E-state index in [1.165, 1.54) is 30.1 Å². The van der Waals surface area contributed by atoms with Gasteiger partial charge in [-0.25, -0.2) is 4.39 Å². The lowest BCUT2D eigenvalue weighted by Crippen LogP contribution is -2.11. The molecule has 0 bridgehead atoms. The number of halogens is 1. The standard InChI is InChI=1S/C27H34FN3/c1-5-7-8-14-26-21(3)23(17-24-20-30-19-22(24)12-10-16-29-4)18-27(26)31-25(11-6-2)13-9-15-28/h6,9-13,15-17,19-20,30-31H,3,5,7-8,14,18H2,1-2,4H3/b11-6-,12-10-,15-9+,23-17+,25-13+,29-16?. The van der Waals surface area contributed by atoms with Crippen LogP contribution in [0.4, 0.5) is 4.39 Å². The first-order valence-electron chi connectivity index (χ1n) is 10.9. The van der Waals surface area contributed by atoms with Crippen molar-refractivity contribution >= 4 is 18.4 Å². The van der Waals surface area contributed by atoms with E-state index in [4.69, 9.17) is 0 Å². The van der Waals surface area contributed by atoms with E-state index in [0.29, 0.717) is 6.33 Å². The van der Waals surface area contributed by atoms with Crippen molar-refractivity contribution in [2.24, 2.45) is 4.99 Å². The number of hydrogen-bond acceptors (Lipinski definition) is 2. The van der Waals surface area contributed by atoms with E-state index in [1.54, 1.807) is 19.3 Å². The summed E-state index contributed by atoms with van der Waals surface area (Å²) in [7, 11) is 1.76. The Balaban J connectivity index is 2.34. The maximum atomic E-state index is 12.5. The molecule has 0 saturated heterocycles. The minimum absolute atomic E-state index is 0.546. The van der Waals surface area contributed by atoms with Gasteiger partial charge in [-0.05, 0) is 78.0 Å². The normalized spacial score (nSPS) is 17.1. The second kappa shape index (κ2) is 13.2. The molecule has 3 nitrogen and oxygen atoms in total. The van der Waals surface area contributed by atoms with Crippen molar-refractivity contribution in [2.75, 3.05) is 7.05 Å². The Morgan fingerprint density at radius 2 is 2.06 bits per heavy atom. The van der Waals surface area contributed by atoms with Crippen LogP contribution < -0.4 is 5.32 Å². The quantitative estimate of drug-likeness (QED) is 0.218. The highest BCUT2D eigenvalue weighted by Gasteiger charge is 2.23. The fraction of sp³-hybridized carbons (Fsp3) is 0.296. The summed E-state index contributed by atoms with van der Waals surface area (Å²) in [6.45, 7) is 8.58. The molecule has 2 rings (SSSR count). The molecule has 164 valence electrons. The van der Waals surface area contributed by atoms with Crippen LogP contribution in [0.3, 0.4) is 0 Å². The van der Waals surface area contributed by atoms with Crippen LogP contribution in [0.2, 0.25) is 0 Å². The van der Waals surface area contributed by atoms with Gasteiger partial charge in [0, 0.05) is 43.5 Å². The molecule has 0 spiro atoms. The molecule has 31 heavy (non-hydrogen) atoms. The van der Waals surface area contributed by atoms with Crippen LogP contribution in [0.1, 0.15) is 57.1 Å². The van der Waals surface area contributed by atoms with Crippen LogP contribution in [0.15, 0.2) is 88.8 Å². The van der Waals surface area contributed by atoms with Crippen molar-refractivity contribution in [2.45, 2.75) is 46.0 Å². The first-order chi connectivity index (χ1) is 15.1. The Hall–Kier alpha value is -3.14. The number of aromatic nitrogens is 1. The molecule has 0 amide bonds. The predicted molar refractivity (Wildman–Crippen MR) is 133 cm³/mol. The summed E-state index contributed by atoms with van der Waals surface area (Å²) in [5.41, 5.74) is 7.80. The molecule has 0 aromatic carbocycles. The Morgan fingerprint density at radius 1 is 1.26 bits per heavy atom. The fourth-order valence-corrected chi connectivity index (χ4v) is 3.60. The first-order valence-corrected chi connectivity index (χ1v) is 10.9. The average Bonchev–Trinajstić information content (AvgIpc) is 3.32. The zero-order valence-electron chi connectivity index (χ0n) is 18.9. The second-order valence-corrected chi connectivity index (χ2v) is 7.44. The van der Waals surface area contributed by atoms with Crippen LogP contribution in [0.5, 0.6) is 0 Å². The number of nitrogens with one attached hydrogen (secondary N) is 2. The van der Waals surface area contributed by atoms with Crippen molar-refractivity contribution < 1.29 is 4.39 Å². The molecule has 2 N–H and O–H groups in total. The van der Waals surface area contributed by atoms with E-state index in [9.17, 15) is 4.39 Å². The van der Waals surface area contributed by atoms with Gasteiger partial charge in [-0.1, -0.05) is 38.5 Å². The summed E-state index contributed by atoms with van der Waals surface area (Å²) in [5.74, 6) is 0. The summed E-state index contributed by atoms with van der Waals surface area (Å²) in [6, 6.07) is 0. The van der Waals surface area contributed by atoms with E-state index in [1.807, 2.05) is 43.6 Å². The summed E-state index contributed by atoms with van der Waals surface area (Å²) in [4.78, 5) is 7.18. The third-order valence-corrected chi connectivity index (χ3v) is 5.16. The van der Waals surface area contributed by atoms with E-state index in [2.05, 4.69) is 34.9 Å². The lowest BCUT2D eigenvalue weighted by Gasteiger charge is -2.11. The summed E-state index contributed by atoms with van der Waals surface area (Å²) in [5, 5.41) is 3.52. The van der Waals surface area contributed by atoms with Crippen LogP contribution >= 0.6 is 0 Å². The molecule has 1 heterocycles. The minimum atomic E-state index is 0.546. The molecular weight excluding hydrogens is 385 g/mol. The van der Waals surface area contributed by atoms with Gasteiger partial charge >= 0.3 is 0 Å². The highest BCUT2D eigenvalue weighted by molar-refractivity contribution is 5.81. The number of rotatable bonds is 11. The smallest absolute Gasteiger partial charge is 0.0867 e. The highest BCUT2D eigenvalue weighted by Crippen LogP contribution is 2.38. The van der Waals surface area contributed by atoms with Gasteiger partial charge in [0.2, 0.25) is 0 Å². The molecule has 0 saturated carbocycles. The van der Waals surface area contributed by atoms with Crippen LogP contribution in [-0.2, 0) is 0 Å². The van der Waals surface area contributed by atoms with Gasteiger partial charge in [0.05, 0.1) is 6.33 Å². The lowest BCUT2D eigenvalue weighted by molar-refractivity contribution is 0.712. The monoisotopic (exact) mass is 419 g/mol. The number of H-pyrrole nitrogens is 1. The second-order valence-electron chi connectivity index (χ2n) is 7.44. The van der Waals surface area contributed by atoms with Gasteiger partial charge in [-0.2, -0.15) is 0 Å². The highest BCUT2D eigenvalue weighted by atomic mass is 19.1. The Morgan fingerprint density at radius 3 is 2.77 bits per heavy atom. The molecule has 0 unspecified atom stereocenters. The van der Waals surface area contributed by atoms with E-state index < -0.39 is 0 Å². The van der Waals surface area contributed by atoms with Crippen molar-refractivity contribution in [3.05, 3.63) is 94.9 Å². The SMILES string of the molecule is C=C1C(CCCCC)=C(NC(/C=C\C)=C/C=C/F)C/C1=C\c1c[nH]cc1/C=C\C=NC. The van der Waals surface area contributed by atoms with Crippen molar-refractivity contribution in [1.29, 1.82) is 0 Å². The predicted octanol–water partition coefficient (Wildman–Crippen LogP) is 7.44. The summed E-state index contributed by atoms with van der Waals surface area (Å²) in [6.07, 6.45) is 24.8. The number of unbranched alkanes of at least 4 members (excludes halogenated alkanes) is 2. The molecule has 1 aromatic rings. The molecule has 4 heteroatoms. The van der Waals surface area contributed by atoms with Crippen molar-refractivity contribution in [3.8, 4) is 0 Å². The Bertz CT molecular complexity index is 949. The third-order valence-electron chi connectivity index (χ3n) is 5.16. The van der Waals surface area contributed by atoms with Gasteiger partial charge in [0.25, 0.3) is 0 Å². The first kappa shape index (κ1) is 24.1. The molecule has 0 fully saturated rings. The number of aliphatic imine (C=N–C) groups is 1. The molecule has 0 aliphatic heterocycles. The summed E-state index contributed by atoms with van der Waals surface area (Å²) < 4.78 is 12.5. The summed E-state index contributed by atoms with van der Waals surface area (Å²) >= 11 is 0. The molecule has 1 aliphatic carbocycles. The van der Waals surface area contributed by atoms with Crippen LogP contribution in [0, 0.1) is 0 Å². The van der Waals surface area contributed by atoms with Gasteiger partial charge < -0.3 is 10.3 Å². The zero-order valence-corrected chi connectivity index (χ0v) is 18.9. The third kappa shape index (κ3) is 7.25. The van der Waals surface area contributed by atoms with Gasteiger partial charge in [-0.3, -0.25) is 4.99 Å². The topological polar surface area (TPSA) is 40.2 Å². The van der Waals surface area contributed by atoms with E-state index in [0.717, 1.165) is 47.4 Å². The van der Waals surface area contributed by atoms with Crippen molar-refractivity contribution in [3.63, 3.8) is 0 Å².